The molecular formula is C17H16O2. The third kappa shape index (κ3) is 1.84. The highest BCUT2D eigenvalue weighted by molar-refractivity contribution is 6.10. The molecule has 19 heavy (non-hydrogen) atoms. The fourth-order valence-electron chi connectivity index (χ4n) is 2.52. The van der Waals surface area contributed by atoms with Crippen LogP contribution in [0.1, 0.15) is 19.4 Å². The van der Waals surface area contributed by atoms with E-state index in [1.165, 1.54) is 10.8 Å². The van der Waals surface area contributed by atoms with Gasteiger partial charge in [0.15, 0.2) is 0 Å². The number of rotatable bonds is 3. The van der Waals surface area contributed by atoms with Crippen LogP contribution in [-0.2, 0) is 9.53 Å². The number of hydrogen-bond acceptors (Lipinski definition) is 2. The average molecular weight is 252 g/mol. The number of hydrogen-bond donors (Lipinski definition) is 0. The van der Waals surface area contributed by atoms with E-state index in [4.69, 9.17) is 4.74 Å². The average Bonchev–Trinajstić information content (AvgIpc) is 3.12. The van der Waals surface area contributed by atoms with Crippen molar-refractivity contribution in [3.63, 3.8) is 0 Å². The van der Waals surface area contributed by atoms with Crippen LogP contribution in [0.5, 0.6) is 0 Å². The van der Waals surface area contributed by atoms with Gasteiger partial charge in [0, 0.05) is 0 Å². The van der Waals surface area contributed by atoms with E-state index in [9.17, 15) is 4.79 Å². The molecule has 1 aliphatic rings. The van der Waals surface area contributed by atoms with Crippen molar-refractivity contribution < 1.29 is 9.53 Å². The maximum absolute atomic E-state index is 12.0. The quantitative estimate of drug-likeness (QED) is 0.776. The first-order valence-corrected chi connectivity index (χ1v) is 6.55. The Hall–Kier alpha value is -2.09. The largest absolute Gasteiger partial charge is 0.465 e. The Bertz CT molecular complexity index is 679. The lowest BCUT2D eigenvalue weighted by Gasteiger charge is -2.12. The number of benzene rings is 2. The van der Waals surface area contributed by atoms with Gasteiger partial charge in [-0.25, -0.2) is 0 Å². The lowest BCUT2D eigenvalue weighted by Crippen LogP contribution is -2.18. The molecule has 0 heterocycles. The zero-order valence-corrected chi connectivity index (χ0v) is 11.1. The van der Waals surface area contributed by atoms with Crippen molar-refractivity contribution in [1.29, 1.82) is 0 Å². The molecule has 96 valence electrons. The molecule has 2 aromatic carbocycles. The van der Waals surface area contributed by atoms with Crippen molar-refractivity contribution in [3.8, 4) is 0 Å². The summed E-state index contributed by atoms with van der Waals surface area (Å²) in [6, 6.07) is 14.4. The lowest BCUT2D eigenvalue weighted by molar-refractivity contribution is -0.147. The fourth-order valence-corrected chi connectivity index (χ4v) is 2.52. The maximum Gasteiger partial charge on any atom is 0.320 e. The maximum atomic E-state index is 12.0. The number of ether oxygens (including phenoxy) is 1. The summed E-state index contributed by atoms with van der Waals surface area (Å²) < 4.78 is 5.14. The van der Waals surface area contributed by atoms with Gasteiger partial charge in [-0.15, -0.1) is 0 Å². The number of carbonyl (C=O) groups is 1. The SMILES string of the molecule is CCOC(=O)C1(C)C=C1c1cccc2ccccc12. The molecule has 0 aliphatic heterocycles. The van der Waals surface area contributed by atoms with E-state index in [-0.39, 0.29) is 5.97 Å². The van der Waals surface area contributed by atoms with E-state index in [1.807, 2.05) is 38.1 Å². The van der Waals surface area contributed by atoms with Crippen LogP contribution < -0.4 is 0 Å². The summed E-state index contributed by atoms with van der Waals surface area (Å²) in [5.74, 6) is -0.155. The van der Waals surface area contributed by atoms with Crippen molar-refractivity contribution in [3.05, 3.63) is 54.1 Å². The molecule has 0 aromatic heterocycles. The van der Waals surface area contributed by atoms with E-state index in [0.717, 1.165) is 11.1 Å². The van der Waals surface area contributed by atoms with E-state index in [0.29, 0.717) is 6.61 Å². The Labute approximate surface area is 112 Å². The van der Waals surface area contributed by atoms with Gasteiger partial charge in [0.2, 0.25) is 0 Å². The highest BCUT2D eigenvalue weighted by Crippen LogP contribution is 2.52. The molecule has 0 saturated carbocycles. The molecule has 0 radical (unpaired) electrons. The molecule has 1 aliphatic carbocycles. The van der Waals surface area contributed by atoms with Crippen molar-refractivity contribution in [1.82, 2.24) is 0 Å². The van der Waals surface area contributed by atoms with Gasteiger partial charge in [-0.05, 0) is 35.8 Å². The molecule has 1 unspecified atom stereocenters. The van der Waals surface area contributed by atoms with E-state index < -0.39 is 5.41 Å². The minimum absolute atomic E-state index is 0.155. The van der Waals surface area contributed by atoms with Crippen LogP contribution in [0.15, 0.2) is 48.5 Å². The normalized spacial score (nSPS) is 21.1. The standard InChI is InChI=1S/C17H16O2/c1-3-19-16(18)17(2)11-15(17)14-10-6-8-12-7-4-5-9-13(12)14/h4-11H,3H2,1-2H3. The van der Waals surface area contributed by atoms with Crippen LogP contribution in [-0.4, -0.2) is 12.6 Å². The number of carbonyl (C=O) groups excluding carboxylic acids is 1. The second-order valence-corrected chi connectivity index (χ2v) is 5.01. The first-order valence-electron chi connectivity index (χ1n) is 6.55. The van der Waals surface area contributed by atoms with Crippen LogP contribution in [0.3, 0.4) is 0 Å². The van der Waals surface area contributed by atoms with Crippen molar-refractivity contribution in [2.75, 3.05) is 6.61 Å². The van der Waals surface area contributed by atoms with Gasteiger partial charge in [-0.3, -0.25) is 4.79 Å². The Morgan fingerprint density at radius 2 is 1.89 bits per heavy atom. The molecule has 2 aromatic rings. The van der Waals surface area contributed by atoms with Gasteiger partial charge >= 0.3 is 5.97 Å². The molecule has 0 spiro atoms. The van der Waals surface area contributed by atoms with Gasteiger partial charge in [0.25, 0.3) is 0 Å². The third-order valence-electron chi connectivity index (χ3n) is 3.69. The van der Waals surface area contributed by atoms with Crippen molar-refractivity contribution in [2.24, 2.45) is 5.41 Å². The zero-order chi connectivity index (χ0) is 13.5. The summed E-state index contributed by atoms with van der Waals surface area (Å²) >= 11 is 0. The second-order valence-electron chi connectivity index (χ2n) is 5.01. The van der Waals surface area contributed by atoms with Crippen LogP contribution in [0, 0.1) is 5.41 Å². The van der Waals surface area contributed by atoms with Gasteiger partial charge < -0.3 is 4.74 Å². The molecular weight excluding hydrogens is 236 g/mol. The van der Waals surface area contributed by atoms with Crippen molar-refractivity contribution >= 4 is 22.3 Å². The number of fused-ring (bicyclic) bond motifs is 1. The van der Waals surface area contributed by atoms with Crippen LogP contribution in [0.2, 0.25) is 0 Å². The molecule has 0 bridgehead atoms. The summed E-state index contributed by atoms with van der Waals surface area (Å²) in [7, 11) is 0. The lowest BCUT2D eigenvalue weighted by atomic mass is 9.95. The van der Waals surface area contributed by atoms with Gasteiger partial charge in [-0.1, -0.05) is 48.5 Å². The Kier molecular flexibility index (Phi) is 2.67. The molecule has 0 amide bonds. The van der Waals surface area contributed by atoms with Crippen LogP contribution >= 0.6 is 0 Å². The van der Waals surface area contributed by atoms with E-state index in [2.05, 4.69) is 24.3 Å². The summed E-state index contributed by atoms with van der Waals surface area (Å²) in [6.45, 7) is 4.18. The molecule has 3 rings (SSSR count). The molecule has 0 N–H and O–H groups in total. The summed E-state index contributed by atoms with van der Waals surface area (Å²) in [6.07, 6.45) is 1.99. The molecule has 0 fully saturated rings. The smallest absolute Gasteiger partial charge is 0.320 e. The molecule has 2 heteroatoms. The van der Waals surface area contributed by atoms with Crippen molar-refractivity contribution in [2.45, 2.75) is 13.8 Å². The molecule has 1 atom stereocenters. The minimum atomic E-state index is -0.542. The minimum Gasteiger partial charge on any atom is -0.465 e. The van der Waals surface area contributed by atoms with Crippen LogP contribution in [0.4, 0.5) is 0 Å². The highest BCUT2D eigenvalue weighted by atomic mass is 16.5. The van der Waals surface area contributed by atoms with E-state index in [1.54, 1.807) is 0 Å². The predicted molar refractivity (Wildman–Crippen MR) is 76.7 cm³/mol. The Balaban J connectivity index is 2.00. The predicted octanol–water partition coefficient (Wildman–Crippen LogP) is 3.81. The Morgan fingerprint density at radius 3 is 2.68 bits per heavy atom. The summed E-state index contributed by atoms with van der Waals surface area (Å²) in [5, 5.41) is 2.38. The Morgan fingerprint density at radius 1 is 1.16 bits per heavy atom. The number of esters is 1. The topological polar surface area (TPSA) is 26.3 Å². The molecule has 2 nitrogen and oxygen atoms in total. The third-order valence-corrected chi connectivity index (χ3v) is 3.69. The van der Waals surface area contributed by atoms with Gasteiger partial charge in [0.05, 0.1) is 6.61 Å². The van der Waals surface area contributed by atoms with Crippen LogP contribution in [0.25, 0.3) is 16.3 Å². The van der Waals surface area contributed by atoms with Gasteiger partial charge in [-0.2, -0.15) is 0 Å². The zero-order valence-electron chi connectivity index (χ0n) is 11.1. The molecule has 0 saturated heterocycles. The first-order chi connectivity index (χ1) is 9.16. The summed E-state index contributed by atoms with van der Waals surface area (Å²) in [4.78, 5) is 12.0. The summed E-state index contributed by atoms with van der Waals surface area (Å²) in [5.41, 5.74) is 1.66. The van der Waals surface area contributed by atoms with Gasteiger partial charge in [0.1, 0.15) is 5.41 Å². The first kappa shape index (κ1) is 12.0. The second kappa shape index (κ2) is 4.23. The fraction of sp³-hybridized carbons (Fsp3) is 0.235. The highest BCUT2D eigenvalue weighted by Gasteiger charge is 2.48. The van der Waals surface area contributed by atoms with E-state index >= 15 is 0 Å². The monoisotopic (exact) mass is 252 g/mol.